The van der Waals surface area contributed by atoms with E-state index in [0.717, 1.165) is 40.0 Å². The Morgan fingerprint density at radius 3 is 2.21 bits per heavy atom. The minimum atomic E-state index is -1.05. The summed E-state index contributed by atoms with van der Waals surface area (Å²) in [6, 6.07) is 16.3. The second-order valence-electron chi connectivity index (χ2n) is 13.2. The molecule has 302 valence electrons. The van der Waals surface area contributed by atoms with Gasteiger partial charge in [-0.2, -0.15) is 4.68 Å². The summed E-state index contributed by atoms with van der Waals surface area (Å²) in [5.41, 5.74) is 3.86. The first-order valence-electron chi connectivity index (χ1n) is 17.5. The number of alkyl halides is 3. The number of benzene rings is 3. The van der Waals surface area contributed by atoms with Crippen LogP contribution in [0.15, 0.2) is 63.8 Å². The van der Waals surface area contributed by atoms with Gasteiger partial charge in [0.2, 0.25) is 11.8 Å². The van der Waals surface area contributed by atoms with Crippen molar-refractivity contribution in [3.8, 4) is 29.5 Å². The molecule has 11 nitrogen and oxygen atoms in total. The van der Waals surface area contributed by atoms with Gasteiger partial charge in [-0.1, -0.05) is 117 Å². The molecule has 2 heterocycles. The van der Waals surface area contributed by atoms with E-state index in [4.69, 9.17) is 83.1 Å². The van der Waals surface area contributed by atoms with Crippen LogP contribution in [0.2, 0.25) is 10.0 Å². The van der Waals surface area contributed by atoms with Gasteiger partial charge in [-0.25, -0.2) is 4.79 Å². The molecule has 4 aromatic rings. The van der Waals surface area contributed by atoms with Crippen molar-refractivity contribution < 1.29 is 28.2 Å². The van der Waals surface area contributed by atoms with Crippen molar-refractivity contribution in [3.05, 3.63) is 92.2 Å². The summed E-state index contributed by atoms with van der Waals surface area (Å²) >= 11 is 29.1. The summed E-state index contributed by atoms with van der Waals surface area (Å²) in [7, 11) is 1.58. The third-order valence-electron chi connectivity index (χ3n) is 8.11. The van der Waals surface area contributed by atoms with Crippen molar-refractivity contribution in [1.82, 2.24) is 9.78 Å². The average molecular weight is 871 g/mol. The van der Waals surface area contributed by atoms with Gasteiger partial charge in [-0.15, -0.1) is 23.1 Å². The Balaban J connectivity index is 0.000000228. The molecular formula is C40H45Cl5N4O7. The molecule has 0 saturated carbocycles. The number of amides is 2. The fourth-order valence-corrected chi connectivity index (χ4v) is 6.28. The number of terminal acetylenes is 1. The number of hydrogen-bond acceptors (Lipinski definition) is 8. The van der Waals surface area contributed by atoms with Gasteiger partial charge in [0.1, 0.15) is 37.3 Å². The fourth-order valence-electron chi connectivity index (χ4n) is 5.41. The molecule has 56 heavy (non-hydrogen) atoms. The molecule has 0 saturated heterocycles. The highest BCUT2D eigenvalue weighted by Crippen LogP contribution is 2.35. The number of carbonyl (C=O) groups excluding carboxylic acids is 2. The van der Waals surface area contributed by atoms with Gasteiger partial charge in [0.15, 0.2) is 4.84 Å². The summed E-state index contributed by atoms with van der Waals surface area (Å²) in [4.78, 5) is 38.0. The maximum atomic E-state index is 12.0. The minimum absolute atomic E-state index is 0.0371. The number of ether oxygens (including phenoxy) is 3. The molecule has 5 rings (SSSR count). The van der Waals surface area contributed by atoms with Crippen molar-refractivity contribution >= 4 is 81.2 Å². The van der Waals surface area contributed by atoms with Crippen LogP contribution < -0.4 is 25.0 Å². The van der Waals surface area contributed by atoms with Crippen LogP contribution in [0, 0.1) is 12.3 Å². The summed E-state index contributed by atoms with van der Waals surface area (Å²) in [5.74, 6) is 2.51. The van der Waals surface area contributed by atoms with Crippen LogP contribution in [0.4, 0.5) is 11.4 Å². The number of methoxy groups -OCH3 is 1. The first-order valence-corrected chi connectivity index (χ1v) is 19.7. The van der Waals surface area contributed by atoms with E-state index < -0.39 is 16.0 Å². The standard InChI is InChI=1S/C15H14Cl2N2O3.C14H20ClNO2.C11H11Cl2NO2/c1-5-6-21-12-8-11(9(16)7-10(12)17)19-14(20)22-13(18-19)15(2,3)4;1-4-11-7-6-8-12(5-2)14(11)16(10-18-3)13(17)9-15;1-7-6-16-9-5-3-2-4-8(9)14(7)11(15)10(12)13/h1,7-8H,6H2,2-4H3;6-8H,4-5,9-10H2,1-3H3;2-5,7,10H,6H2,1H3. The maximum Gasteiger partial charge on any atom is 0.442 e. The van der Waals surface area contributed by atoms with Crippen LogP contribution in [0.5, 0.6) is 11.5 Å². The largest absolute Gasteiger partial charge is 0.489 e. The predicted octanol–water partition coefficient (Wildman–Crippen LogP) is 9.03. The zero-order chi connectivity index (χ0) is 41.7. The highest BCUT2D eigenvalue weighted by Gasteiger charge is 2.32. The SMILES string of the molecule is C#CCOc1cc(-n2nc(C(C)(C)C)oc2=O)c(Cl)cc1Cl.CC1COc2ccccc2N1C(=O)C(Cl)Cl.CCc1cccc(CC)c1N(COC)C(=O)CCl. The van der Waals surface area contributed by atoms with Crippen LogP contribution in [0.1, 0.15) is 58.6 Å². The lowest BCUT2D eigenvalue weighted by molar-refractivity contribution is -0.118. The van der Waals surface area contributed by atoms with Gasteiger partial charge in [-0.05, 0) is 49.1 Å². The van der Waals surface area contributed by atoms with Gasteiger partial charge in [0.25, 0.3) is 5.91 Å². The summed E-state index contributed by atoms with van der Waals surface area (Å²) < 4.78 is 22.2. The molecule has 2 amide bonds. The van der Waals surface area contributed by atoms with Crippen molar-refractivity contribution in [2.75, 3.05) is 42.7 Å². The van der Waals surface area contributed by atoms with Gasteiger partial charge in [-0.3, -0.25) is 14.5 Å². The van der Waals surface area contributed by atoms with E-state index in [9.17, 15) is 14.4 Å². The number of aryl methyl sites for hydroxylation is 2. The van der Waals surface area contributed by atoms with Gasteiger partial charge in [0, 0.05) is 18.6 Å². The van der Waals surface area contributed by atoms with Gasteiger partial charge < -0.3 is 23.5 Å². The lowest BCUT2D eigenvalue weighted by Gasteiger charge is -2.35. The van der Waals surface area contributed by atoms with Crippen LogP contribution in [0.3, 0.4) is 0 Å². The van der Waals surface area contributed by atoms with E-state index in [1.165, 1.54) is 12.1 Å². The second kappa shape index (κ2) is 21.6. The molecule has 1 aromatic heterocycles. The molecule has 16 heteroatoms. The molecular weight excluding hydrogens is 826 g/mol. The Kier molecular flexibility index (Phi) is 17.9. The topological polar surface area (TPSA) is 116 Å². The number of fused-ring (bicyclic) bond motifs is 1. The number of para-hydroxylation sites is 3. The predicted molar refractivity (Wildman–Crippen MR) is 225 cm³/mol. The number of hydrogen-bond donors (Lipinski definition) is 0. The molecule has 1 unspecified atom stereocenters. The molecule has 0 N–H and O–H groups in total. The zero-order valence-electron chi connectivity index (χ0n) is 32.2. The van der Waals surface area contributed by atoms with E-state index in [1.807, 2.05) is 70.2 Å². The molecule has 0 radical (unpaired) electrons. The fraction of sp³-hybridized carbons (Fsp3) is 0.400. The first-order chi connectivity index (χ1) is 26.5. The first kappa shape index (κ1) is 46.5. The molecule has 0 aliphatic carbocycles. The Morgan fingerprint density at radius 1 is 1.04 bits per heavy atom. The number of carbonyl (C=O) groups is 2. The lowest BCUT2D eigenvalue weighted by Crippen LogP contribution is -2.47. The number of anilines is 2. The quantitative estimate of drug-likeness (QED) is 0.0882. The Labute approximate surface area is 352 Å². The highest BCUT2D eigenvalue weighted by atomic mass is 35.5. The van der Waals surface area contributed by atoms with Crippen LogP contribution in [0.25, 0.3) is 5.69 Å². The van der Waals surface area contributed by atoms with Crippen LogP contribution in [-0.2, 0) is 32.6 Å². The third kappa shape index (κ3) is 11.8. The monoisotopic (exact) mass is 868 g/mol. The number of halogens is 5. The average Bonchev–Trinajstić information content (AvgIpc) is 3.58. The maximum absolute atomic E-state index is 12.0. The Morgan fingerprint density at radius 2 is 1.68 bits per heavy atom. The normalized spacial score (nSPS) is 13.3. The summed E-state index contributed by atoms with van der Waals surface area (Å²) in [6.07, 6.45) is 6.90. The molecule has 1 aliphatic heterocycles. The summed E-state index contributed by atoms with van der Waals surface area (Å²) in [6.45, 7) is 12.4. The number of nitrogens with zero attached hydrogens (tertiary/aromatic N) is 4. The van der Waals surface area contributed by atoms with Gasteiger partial charge >= 0.3 is 5.76 Å². The van der Waals surface area contributed by atoms with Crippen LogP contribution >= 0.6 is 58.0 Å². The molecule has 3 aromatic carbocycles. The van der Waals surface area contributed by atoms with Gasteiger partial charge in [0.05, 0.1) is 33.1 Å². The number of aromatic nitrogens is 2. The second-order valence-corrected chi connectivity index (χ2v) is 15.4. The van der Waals surface area contributed by atoms with E-state index >= 15 is 0 Å². The third-order valence-corrected chi connectivity index (χ3v) is 9.31. The molecule has 0 bridgehead atoms. The highest BCUT2D eigenvalue weighted by molar-refractivity contribution is 6.54. The molecule has 1 aliphatic rings. The van der Waals surface area contributed by atoms with E-state index in [1.54, 1.807) is 16.9 Å². The Hall–Kier alpha value is -3.89. The van der Waals surface area contributed by atoms with Crippen molar-refractivity contribution in [3.63, 3.8) is 0 Å². The smallest absolute Gasteiger partial charge is 0.442 e. The van der Waals surface area contributed by atoms with E-state index in [-0.39, 0.29) is 47.1 Å². The lowest BCUT2D eigenvalue weighted by atomic mass is 9.97. The number of rotatable bonds is 10. The van der Waals surface area contributed by atoms with Crippen molar-refractivity contribution in [1.29, 1.82) is 0 Å². The van der Waals surface area contributed by atoms with Crippen molar-refractivity contribution in [2.24, 2.45) is 0 Å². The molecule has 1 atom stereocenters. The van der Waals surface area contributed by atoms with E-state index in [0.29, 0.717) is 29.7 Å². The molecule has 0 spiro atoms. The Bertz CT molecular complexity index is 2030. The summed E-state index contributed by atoms with van der Waals surface area (Å²) in [5, 5.41) is 4.71. The molecule has 0 fully saturated rings. The zero-order valence-corrected chi connectivity index (χ0v) is 36.0. The van der Waals surface area contributed by atoms with Crippen LogP contribution in [-0.4, -0.2) is 65.4 Å². The minimum Gasteiger partial charge on any atom is -0.489 e. The van der Waals surface area contributed by atoms with E-state index in [2.05, 4.69) is 24.9 Å². The van der Waals surface area contributed by atoms with Crippen molar-refractivity contribution in [2.45, 2.75) is 70.7 Å².